The molecule has 0 bridgehead atoms. The van der Waals surface area contributed by atoms with E-state index >= 15 is 0 Å². The maximum Gasteiger partial charge on any atom is 0.140 e. The highest BCUT2D eigenvalue weighted by Gasteiger charge is 2.14. The number of benzene rings is 2. The van der Waals surface area contributed by atoms with Crippen LogP contribution in [0.2, 0.25) is 10.0 Å². The van der Waals surface area contributed by atoms with Crippen molar-refractivity contribution in [2.45, 2.75) is 32.2 Å². The van der Waals surface area contributed by atoms with Gasteiger partial charge in [0.2, 0.25) is 0 Å². The highest BCUT2D eigenvalue weighted by atomic mass is 35.5. The minimum Gasteiger partial charge on any atom is -0.347 e. The Balaban J connectivity index is 1.38. The molecule has 0 atom stereocenters. The van der Waals surface area contributed by atoms with E-state index in [0.717, 1.165) is 34.9 Å². The summed E-state index contributed by atoms with van der Waals surface area (Å²) in [6.07, 6.45) is 7.30. The minimum atomic E-state index is 0.679. The second-order valence-corrected chi connectivity index (χ2v) is 8.83. The van der Waals surface area contributed by atoms with E-state index in [9.17, 15) is 0 Å². The molecule has 2 aromatic heterocycles. The molecule has 6 heteroatoms. The van der Waals surface area contributed by atoms with E-state index in [1.165, 1.54) is 49.7 Å². The molecule has 150 valence electrons. The van der Waals surface area contributed by atoms with Gasteiger partial charge in [0, 0.05) is 34.2 Å². The molecule has 5 rings (SSSR count). The fourth-order valence-electron chi connectivity index (χ4n) is 4.42. The van der Waals surface area contributed by atoms with Gasteiger partial charge in [-0.25, -0.2) is 4.98 Å². The summed E-state index contributed by atoms with van der Waals surface area (Å²) in [5, 5.41) is 6.02. The summed E-state index contributed by atoms with van der Waals surface area (Å²) in [6.45, 7) is 3.37. The number of imidazole rings is 1. The molecule has 1 saturated heterocycles. The molecule has 0 amide bonds. The standard InChI is InChI=1S/C23H24Cl2N4/c24-17-3-4-20-21(13-17)28-23(27-20)18-12-16-7-11-29(22(16)14-19(18)25)10-1-2-15-5-8-26-9-6-15/h3-4,7,11-15,26H,1-2,5-6,8-10H2,(H,27,28). The SMILES string of the molecule is Clc1ccc2[nH]c(-c3cc4ccn(CCCC5CCNCC5)c4cc3Cl)nc2c1. The van der Waals surface area contributed by atoms with Crippen LogP contribution in [0.15, 0.2) is 42.6 Å². The predicted octanol–water partition coefficient (Wildman–Crippen LogP) is 6.27. The van der Waals surface area contributed by atoms with Gasteiger partial charge >= 0.3 is 0 Å². The van der Waals surface area contributed by atoms with Crippen molar-refractivity contribution in [1.29, 1.82) is 0 Å². The number of aromatic amines is 1. The van der Waals surface area contributed by atoms with Gasteiger partial charge in [-0.2, -0.15) is 0 Å². The number of aryl methyl sites for hydroxylation is 1. The van der Waals surface area contributed by atoms with Crippen molar-refractivity contribution in [2.24, 2.45) is 5.92 Å². The van der Waals surface area contributed by atoms with Crippen molar-refractivity contribution in [3.05, 3.63) is 52.6 Å². The summed E-state index contributed by atoms with van der Waals surface area (Å²) in [5.41, 5.74) is 3.90. The summed E-state index contributed by atoms with van der Waals surface area (Å²) in [4.78, 5) is 8.04. The van der Waals surface area contributed by atoms with Crippen molar-refractivity contribution in [1.82, 2.24) is 19.9 Å². The number of halogens is 2. The fraction of sp³-hybridized carbons (Fsp3) is 0.348. The van der Waals surface area contributed by atoms with Crippen molar-refractivity contribution >= 4 is 45.1 Å². The first-order valence-corrected chi connectivity index (χ1v) is 11.1. The number of fused-ring (bicyclic) bond motifs is 2. The molecule has 2 N–H and O–H groups in total. The number of rotatable bonds is 5. The van der Waals surface area contributed by atoms with Crippen LogP contribution in [0.5, 0.6) is 0 Å². The molecule has 1 aliphatic rings. The van der Waals surface area contributed by atoms with E-state index in [-0.39, 0.29) is 0 Å². The van der Waals surface area contributed by atoms with Gasteiger partial charge < -0.3 is 14.9 Å². The van der Waals surface area contributed by atoms with E-state index in [2.05, 4.69) is 44.2 Å². The Labute approximate surface area is 180 Å². The Kier molecular flexibility index (Phi) is 5.25. The lowest BCUT2D eigenvalue weighted by atomic mass is 9.93. The Hall–Kier alpha value is -2.01. The zero-order chi connectivity index (χ0) is 19.8. The molecule has 4 aromatic rings. The number of hydrogen-bond acceptors (Lipinski definition) is 2. The number of nitrogens with zero attached hydrogens (tertiary/aromatic N) is 2. The van der Waals surface area contributed by atoms with Gasteiger partial charge in [0.25, 0.3) is 0 Å². The van der Waals surface area contributed by atoms with Crippen LogP contribution >= 0.6 is 23.2 Å². The quantitative estimate of drug-likeness (QED) is 0.394. The maximum atomic E-state index is 6.67. The monoisotopic (exact) mass is 426 g/mol. The smallest absolute Gasteiger partial charge is 0.140 e. The summed E-state index contributed by atoms with van der Waals surface area (Å²) < 4.78 is 2.32. The summed E-state index contributed by atoms with van der Waals surface area (Å²) in [7, 11) is 0. The van der Waals surface area contributed by atoms with E-state index < -0.39 is 0 Å². The lowest BCUT2D eigenvalue weighted by Crippen LogP contribution is -2.27. The first kappa shape index (κ1) is 19.0. The summed E-state index contributed by atoms with van der Waals surface area (Å²) in [6, 6.07) is 12.0. The van der Waals surface area contributed by atoms with E-state index in [1.54, 1.807) is 0 Å². The van der Waals surface area contributed by atoms with Crippen molar-refractivity contribution in [3.63, 3.8) is 0 Å². The summed E-state index contributed by atoms with van der Waals surface area (Å²) >= 11 is 12.8. The normalized spacial score (nSPS) is 15.5. The third-order valence-electron chi connectivity index (χ3n) is 6.03. The molecule has 0 radical (unpaired) electrons. The molecule has 1 fully saturated rings. The van der Waals surface area contributed by atoms with Crippen LogP contribution < -0.4 is 5.32 Å². The highest BCUT2D eigenvalue weighted by Crippen LogP contribution is 2.33. The third-order valence-corrected chi connectivity index (χ3v) is 6.58. The van der Waals surface area contributed by atoms with Crippen molar-refractivity contribution < 1.29 is 0 Å². The lowest BCUT2D eigenvalue weighted by molar-refractivity contribution is 0.341. The molecular weight excluding hydrogens is 403 g/mol. The van der Waals surface area contributed by atoms with Crippen LogP contribution in [0.1, 0.15) is 25.7 Å². The summed E-state index contributed by atoms with van der Waals surface area (Å²) in [5.74, 6) is 1.64. The number of H-pyrrole nitrogens is 1. The Morgan fingerprint density at radius 1 is 1.07 bits per heavy atom. The van der Waals surface area contributed by atoms with Crippen LogP contribution in [-0.2, 0) is 6.54 Å². The van der Waals surface area contributed by atoms with Crippen molar-refractivity contribution in [3.8, 4) is 11.4 Å². The molecule has 1 aliphatic heterocycles. The van der Waals surface area contributed by atoms with Gasteiger partial charge in [-0.05, 0) is 81.1 Å². The zero-order valence-corrected chi connectivity index (χ0v) is 17.7. The van der Waals surface area contributed by atoms with Crippen LogP contribution in [0.25, 0.3) is 33.3 Å². The number of aromatic nitrogens is 3. The van der Waals surface area contributed by atoms with Gasteiger partial charge in [0.05, 0.1) is 16.1 Å². The fourth-order valence-corrected chi connectivity index (χ4v) is 4.83. The van der Waals surface area contributed by atoms with Gasteiger partial charge in [0.15, 0.2) is 0 Å². The molecule has 0 saturated carbocycles. The number of hydrogen-bond donors (Lipinski definition) is 2. The van der Waals surface area contributed by atoms with E-state index in [1.807, 2.05) is 18.2 Å². The average Bonchev–Trinajstić information content (AvgIpc) is 3.31. The molecule has 29 heavy (non-hydrogen) atoms. The molecule has 0 aliphatic carbocycles. The molecule has 3 heterocycles. The molecule has 0 spiro atoms. The topological polar surface area (TPSA) is 45.6 Å². The van der Waals surface area contributed by atoms with Gasteiger partial charge in [-0.3, -0.25) is 0 Å². The number of nitrogens with one attached hydrogen (secondary N) is 2. The first-order chi connectivity index (χ1) is 14.2. The largest absolute Gasteiger partial charge is 0.347 e. The van der Waals surface area contributed by atoms with Crippen LogP contribution in [0.4, 0.5) is 0 Å². The molecule has 4 nitrogen and oxygen atoms in total. The molecule has 2 aromatic carbocycles. The number of piperidine rings is 1. The van der Waals surface area contributed by atoms with Crippen LogP contribution in [0.3, 0.4) is 0 Å². The Morgan fingerprint density at radius 2 is 1.93 bits per heavy atom. The van der Waals surface area contributed by atoms with Gasteiger partial charge in [-0.1, -0.05) is 23.2 Å². The molecule has 0 unspecified atom stereocenters. The predicted molar refractivity (Wildman–Crippen MR) is 122 cm³/mol. The minimum absolute atomic E-state index is 0.679. The van der Waals surface area contributed by atoms with E-state index in [4.69, 9.17) is 23.2 Å². The lowest BCUT2D eigenvalue weighted by Gasteiger charge is -2.22. The second kappa shape index (κ2) is 8.02. The third kappa shape index (κ3) is 3.89. The second-order valence-electron chi connectivity index (χ2n) is 7.98. The van der Waals surface area contributed by atoms with Crippen LogP contribution in [0, 0.1) is 5.92 Å². The average molecular weight is 427 g/mol. The first-order valence-electron chi connectivity index (χ1n) is 10.3. The maximum absolute atomic E-state index is 6.67. The molecular formula is C23H24Cl2N4. The van der Waals surface area contributed by atoms with Crippen LogP contribution in [-0.4, -0.2) is 27.6 Å². The zero-order valence-electron chi connectivity index (χ0n) is 16.2. The Bertz CT molecular complexity index is 1150. The van der Waals surface area contributed by atoms with E-state index in [0.29, 0.717) is 10.0 Å². The highest BCUT2D eigenvalue weighted by molar-refractivity contribution is 6.34. The van der Waals surface area contributed by atoms with Gasteiger partial charge in [0.1, 0.15) is 5.82 Å². The Morgan fingerprint density at radius 3 is 2.79 bits per heavy atom. The van der Waals surface area contributed by atoms with Gasteiger partial charge in [-0.15, -0.1) is 0 Å². The van der Waals surface area contributed by atoms with Crippen molar-refractivity contribution in [2.75, 3.05) is 13.1 Å².